The molecule has 0 bridgehead atoms. The molecule has 3 N–H and O–H groups in total. The van der Waals surface area contributed by atoms with Gasteiger partial charge in [-0.2, -0.15) is 36.4 Å². The molecule has 0 spiro atoms. The van der Waals surface area contributed by atoms with Gasteiger partial charge in [-0.3, -0.25) is 9.58 Å². The number of aromatic nitrogens is 4. The molecule has 3 rings (SSSR count). The molecule has 1 atom stereocenters. The third kappa shape index (κ3) is 8.06. The molecule has 0 aliphatic heterocycles. The van der Waals surface area contributed by atoms with E-state index in [0.29, 0.717) is 11.5 Å². The van der Waals surface area contributed by atoms with Gasteiger partial charge in [-0.1, -0.05) is 12.1 Å². The molecule has 0 fully saturated rings. The first kappa shape index (κ1) is 29.4. The second-order valence-electron chi connectivity index (χ2n) is 8.03. The van der Waals surface area contributed by atoms with Crippen molar-refractivity contribution in [3.05, 3.63) is 53.3 Å². The average Bonchev–Trinajstić information content (AvgIpc) is 2.99. The maximum Gasteiger partial charge on any atom is 0.490 e. The predicted molar refractivity (Wildman–Crippen MR) is 124 cm³/mol. The van der Waals surface area contributed by atoms with E-state index in [-0.39, 0.29) is 11.5 Å². The van der Waals surface area contributed by atoms with Crippen LogP contribution in [-0.2, 0) is 11.8 Å². The van der Waals surface area contributed by atoms with Crippen molar-refractivity contribution in [2.45, 2.75) is 32.2 Å². The summed E-state index contributed by atoms with van der Waals surface area (Å²) < 4.78 is 73.8. The van der Waals surface area contributed by atoms with Gasteiger partial charge in [0.1, 0.15) is 17.7 Å². The molecule has 1 aromatic carbocycles. The van der Waals surface area contributed by atoms with Crippen molar-refractivity contribution in [2.24, 2.45) is 7.05 Å². The molecule has 1 unspecified atom stereocenters. The number of carbonyl (C=O) groups is 1. The fourth-order valence-corrected chi connectivity index (χ4v) is 3.24. The minimum atomic E-state index is -5.08. The third-order valence-electron chi connectivity index (χ3n) is 4.95. The van der Waals surface area contributed by atoms with E-state index in [9.17, 15) is 26.3 Å². The summed E-state index contributed by atoms with van der Waals surface area (Å²) in [5.74, 6) is -1.15. The topological polar surface area (TPSA) is 108 Å². The van der Waals surface area contributed by atoms with E-state index in [1.54, 1.807) is 29.1 Å². The van der Waals surface area contributed by atoms with Crippen LogP contribution >= 0.6 is 0 Å². The van der Waals surface area contributed by atoms with E-state index in [4.69, 9.17) is 9.90 Å². The number of alkyl halides is 6. The highest BCUT2D eigenvalue weighted by Crippen LogP contribution is 2.37. The van der Waals surface area contributed by atoms with E-state index >= 15 is 0 Å². The number of aryl methyl sites for hydroxylation is 2. The summed E-state index contributed by atoms with van der Waals surface area (Å²) in [6, 6.07) is 6.15. The van der Waals surface area contributed by atoms with Gasteiger partial charge >= 0.3 is 18.3 Å². The van der Waals surface area contributed by atoms with Crippen LogP contribution < -0.4 is 10.6 Å². The molecule has 0 saturated carbocycles. The van der Waals surface area contributed by atoms with Gasteiger partial charge < -0.3 is 15.7 Å². The minimum Gasteiger partial charge on any atom is -0.475 e. The lowest BCUT2D eigenvalue weighted by Crippen LogP contribution is -2.33. The molecule has 9 nitrogen and oxygen atoms in total. The SMILES string of the molecule is Cc1nn(C)c(Nc2ccnc(Nc3cccc(C(N(C)C)C(F)(F)F)c3)n2)c1C.O=C(O)C(F)(F)F. The van der Waals surface area contributed by atoms with Crippen LogP contribution in [0.25, 0.3) is 0 Å². The van der Waals surface area contributed by atoms with Gasteiger partial charge in [0.05, 0.1) is 5.69 Å². The van der Waals surface area contributed by atoms with Crippen molar-refractivity contribution in [3.63, 3.8) is 0 Å². The Labute approximate surface area is 208 Å². The standard InChI is InChI=1S/C20H24F3N7.C2HF3O2/c1-12-13(2)28-30(5)18(12)26-16-9-10-24-19(27-16)25-15-8-6-7-14(11-15)17(29(3)4)20(21,22)23;3-2(4,5)1(6)7/h6-11,17H,1-5H3,(H2,24,25,26,27);(H,6,7). The summed E-state index contributed by atoms with van der Waals surface area (Å²) in [4.78, 5) is 18.6. The molecular formula is C22H25F6N7O2. The highest BCUT2D eigenvalue weighted by atomic mass is 19.4. The average molecular weight is 533 g/mol. The van der Waals surface area contributed by atoms with Crippen molar-refractivity contribution >= 4 is 29.2 Å². The smallest absolute Gasteiger partial charge is 0.475 e. The number of carboxylic acid groups (broad SMARTS) is 1. The Morgan fingerprint density at radius 1 is 1.08 bits per heavy atom. The van der Waals surface area contributed by atoms with Crippen molar-refractivity contribution in [3.8, 4) is 0 Å². The van der Waals surface area contributed by atoms with Gasteiger partial charge in [0.2, 0.25) is 5.95 Å². The molecule has 0 amide bonds. The first-order valence-electron chi connectivity index (χ1n) is 10.5. The molecule has 202 valence electrons. The quantitative estimate of drug-likeness (QED) is 0.375. The third-order valence-corrected chi connectivity index (χ3v) is 4.95. The number of rotatable bonds is 6. The van der Waals surface area contributed by atoms with Crippen molar-refractivity contribution < 1.29 is 36.2 Å². The van der Waals surface area contributed by atoms with Gasteiger partial charge in [-0.25, -0.2) is 9.78 Å². The van der Waals surface area contributed by atoms with Crippen LogP contribution in [0.15, 0.2) is 36.5 Å². The Morgan fingerprint density at radius 2 is 1.70 bits per heavy atom. The van der Waals surface area contributed by atoms with Crippen LogP contribution in [-0.4, -0.2) is 62.2 Å². The number of halogens is 6. The highest BCUT2D eigenvalue weighted by molar-refractivity contribution is 5.73. The van der Waals surface area contributed by atoms with Crippen LogP contribution in [0.3, 0.4) is 0 Å². The summed E-state index contributed by atoms with van der Waals surface area (Å²) in [5, 5.41) is 17.7. The summed E-state index contributed by atoms with van der Waals surface area (Å²) in [6.07, 6.45) is -7.90. The Balaban J connectivity index is 0.000000604. The Morgan fingerprint density at radius 3 is 2.19 bits per heavy atom. The first-order chi connectivity index (χ1) is 17.0. The lowest BCUT2D eigenvalue weighted by Gasteiger charge is -2.27. The number of hydrogen-bond acceptors (Lipinski definition) is 7. The number of hydrogen-bond donors (Lipinski definition) is 3. The Hall–Kier alpha value is -3.88. The van der Waals surface area contributed by atoms with E-state index in [2.05, 4.69) is 25.7 Å². The van der Waals surface area contributed by atoms with Crippen molar-refractivity contribution in [1.82, 2.24) is 24.6 Å². The van der Waals surface area contributed by atoms with Gasteiger partial charge in [-0.15, -0.1) is 0 Å². The van der Waals surface area contributed by atoms with Crippen LogP contribution in [0.4, 0.5) is 49.6 Å². The molecule has 2 aromatic heterocycles. The van der Waals surface area contributed by atoms with Crippen molar-refractivity contribution in [2.75, 3.05) is 24.7 Å². The molecule has 15 heteroatoms. The normalized spacial score (nSPS) is 12.5. The molecule has 37 heavy (non-hydrogen) atoms. The van der Waals surface area contributed by atoms with Crippen LogP contribution in [0.5, 0.6) is 0 Å². The van der Waals surface area contributed by atoms with E-state index in [1.165, 1.54) is 26.2 Å². The monoisotopic (exact) mass is 533 g/mol. The van der Waals surface area contributed by atoms with Crippen molar-refractivity contribution in [1.29, 1.82) is 0 Å². The summed E-state index contributed by atoms with van der Waals surface area (Å²) in [7, 11) is 4.63. The Bertz CT molecular complexity index is 1220. The van der Waals surface area contributed by atoms with Crippen LogP contribution in [0.2, 0.25) is 0 Å². The maximum absolute atomic E-state index is 13.4. The number of aliphatic carboxylic acids is 1. The fourth-order valence-electron chi connectivity index (χ4n) is 3.24. The molecule has 3 aromatic rings. The van der Waals surface area contributed by atoms with E-state index < -0.39 is 24.4 Å². The fraction of sp³-hybridized carbons (Fsp3) is 0.364. The van der Waals surface area contributed by atoms with Gasteiger partial charge in [-0.05, 0) is 51.7 Å². The van der Waals surface area contributed by atoms with Gasteiger partial charge in [0.25, 0.3) is 0 Å². The minimum absolute atomic E-state index is 0.132. The second-order valence-corrected chi connectivity index (χ2v) is 8.03. The largest absolute Gasteiger partial charge is 0.490 e. The number of nitrogens with zero attached hydrogens (tertiary/aromatic N) is 5. The predicted octanol–water partition coefficient (Wildman–Crippen LogP) is 5.11. The Kier molecular flexibility index (Phi) is 9.08. The number of nitrogens with one attached hydrogen (secondary N) is 2. The zero-order valence-corrected chi connectivity index (χ0v) is 20.4. The molecule has 2 heterocycles. The molecular weight excluding hydrogens is 508 g/mol. The summed E-state index contributed by atoms with van der Waals surface area (Å²) in [6.45, 7) is 3.88. The maximum atomic E-state index is 13.4. The van der Waals surface area contributed by atoms with E-state index in [1.807, 2.05) is 20.9 Å². The number of anilines is 4. The lowest BCUT2D eigenvalue weighted by molar-refractivity contribution is -0.192. The number of carboxylic acids is 1. The molecule has 0 saturated heterocycles. The first-order valence-corrected chi connectivity index (χ1v) is 10.5. The zero-order valence-electron chi connectivity index (χ0n) is 20.4. The van der Waals surface area contributed by atoms with E-state index in [0.717, 1.165) is 22.0 Å². The molecule has 0 radical (unpaired) electrons. The molecule has 0 aliphatic carbocycles. The summed E-state index contributed by atoms with van der Waals surface area (Å²) >= 11 is 0. The number of benzene rings is 1. The molecule has 0 aliphatic rings. The lowest BCUT2D eigenvalue weighted by atomic mass is 10.0. The zero-order chi connectivity index (χ0) is 28.1. The summed E-state index contributed by atoms with van der Waals surface area (Å²) in [5.41, 5.74) is 2.51. The van der Waals surface area contributed by atoms with Crippen LogP contribution in [0, 0.1) is 13.8 Å². The second kappa shape index (κ2) is 11.5. The van der Waals surface area contributed by atoms with Crippen LogP contribution in [0.1, 0.15) is 22.9 Å². The highest BCUT2D eigenvalue weighted by Gasteiger charge is 2.42. The van der Waals surface area contributed by atoms with Gasteiger partial charge in [0, 0.05) is 24.5 Å². The van der Waals surface area contributed by atoms with Gasteiger partial charge in [0.15, 0.2) is 0 Å².